The predicted molar refractivity (Wildman–Crippen MR) is 77.6 cm³/mol. The Bertz CT molecular complexity index is 647. The number of fused-ring (bicyclic) bond motifs is 1. The summed E-state index contributed by atoms with van der Waals surface area (Å²) in [4.78, 5) is 11.3. The van der Waals surface area contributed by atoms with E-state index in [9.17, 15) is 4.79 Å². The van der Waals surface area contributed by atoms with Crippen LogP contribution in [0, 0.1) is 0 Å². The Hall–Kier alpha value is -2.43. The van der Waals surface area contributed by atoms with Gasteiger partial charge in [-0.05, 0) is 36.6 Å². The van der Waals surface area contributed by atoms with Gasteiger partial charge in [0.25, 0.3) is 0 Å². The van der Waals surface area contributed by atoms with Gasteiger partial charge in [-0.25, -0.2) is 4.79 Å². The van der Waals surface area contributed by atoms with Crippen LogP contribution in [0.25, 0.3) is 0 Å². The molecule has 1 aliphatic rings. The molecule has 1 aliphatic heterocycles. The number of methoxy groups -OCH3 is 1. The fraction of sp³-hybridized carbons (Fsp3) is 0.312. The maximum Gasteiger partial charge on any atom is 0.373 e. The largest absolute Gasteiger partial charge is 0.483 e. The molecule has 0 unspecified atom stereocenters. The Morgan fingerprint density at radius 1 is 1.33 bits per heavy atom. The van der Waals surface area contributed by atoms with Crippen LogP contribution in [0.3, 0.4) is 0 Å². The number of carbonyl (C=O) groups is 1. The van der Waals surface area contributed by atoms with Gasteiger partial charge in [0.1, 0.15) is 18.1 Å². The number of nitrogens with one attached hydrogen (secondary N) is 1. The molecule has 1 aromatic heterocycles. The SMILES string of the molecule is COC(=O)c1ccc(COc2cccc3c2NCCC3)o1. The van der Waals surface area contributed by atoms with Crippen LogP contribution in [0.5, 0.6) is 5.75 Å². The molecule has 0 amide bonds. The van der Waals surface area contributed by atoms with E-state index < -0.39 is 5.97 Å². The van der Waals surface area contributed by atoms with Gasteiger partial charge in [-0.1, -0.05) is 12.1 Å². The van der Waals surface area contributed by atoms with Crippen molar-refractivity contribution >= 4 is 11.7 Å². The van der Waals surface area contributed by atoms with E-state index in [-0.39, 0.29) is 12.4 Å². The summed E-state index contributed by atoms with van der Waals surface area (Å²) < 4.78 is 15.8. The number of benzene rings is 1. The highest BCUT2D eigenvalue weighted by Gasteiger charge is 2.15. The van der Waals surface area contributed by atoms with Crippen LogP contribution in [-0.2, 0) is 17.8 Å². The quantitative estimate of drug-likeness (QED) is 0.876. The molecule has 0 saturated carbocycles. The number of anilines is 1. The van der Waals surface area contributed by atoms with E-state index in [1.54, 1.807) is 12.1 Å². The number of carbonyl (C=O) groups excluding carboxylic acids is 1. The number of para-hydroxylation sites is 1. The van der Waals surface area contributed by atoms with E-state index >= 15 is 0 Å². The van der Waals surface area contributed by atoms with Crippen molar-refractivity contribution < 1.29 is 18.7 Å². The van der Waals surface area contributed by atoms with Crippen LogP contribution in [0.1, 0.15) is 28.3 Å². The van der Waals surface area contributed by atoms with Crippen LogP contribution in [0.15, 0.2) is 34.7 Å². The number of ether oxygens (including phenoxy) is 2. The first kappa shape index (κ1) is 13.5. The lowest BCUT2D eigenvalue weighted by molar-refractivity contribution is 0.0561. The van der Waals surface area contributed by atoms with Gasteiger partial charge >= 0.3 is 5.97 Å². The van der Waals surface area contributed by atoms with Crippen LogP contribution in [0.4, 0.5) is 5.69 Å². The second kappa shape index (κ2) is 5.91. The highest BCUT2D eigenvalue weighted by atomic mass is 16.5. The minimum Gasteiger partial charge on any atom is -0.483 e. The first-order chi connectivity index (χ1) is 10.3. The fourth-order valence-electron chi connectivity index (χ4n) is 2.41. The fourth-order valence-corrected chi connectivity index (χ4v) is 2.41. The first-order valence-electron chi connectivity index (χ1n) is 6.93. The average Bonchev–Trinajstić information content (AvgIpc) is 3.01. The number of esters is 1. The zero-order valence-corrected chi connectivity index (χ0v) is 11.8. The Morgan fingerprint density at radius 3 is 3.10 bits per heavy atom. The molecule has 1 N–H and O–H groups in total. The van der Waals surface area contributed by atoms with Crippen molar-refractivity contribution in [2.75, 3.05) is 19.0 Å². The van der Waals surface area contributed by atoms with Gasteiger partial charge in [-0.15, -0.1) is 0 Å². The molecule has 110 valence electrons. The summed E-state index contributed by atoms with van der Waals surface area (Å²) in [6.45, 7) is 1.23. The van der Waals surface area contributed by atoms with Crippen LogP contribution < -0.4 is 10.1 Å². The molecular weight excluding hydrogens is 270 g/mol. The van der Waals surface area contributed by atoms with E-state index in [1.165, 1.54) is 12.7 Å². The van der Waals surface area contributed by atoms with E-state index in [0.717, 1.165) is 30.8 Å². The van der Waals surface area contributed by atoms with E-state index in [2.05, 4.69) is 16.1 Å². The molecule has 5 heteroatoms. The zero-order valence-electron chi connectivity index (χ0n) is 11.8. The third-order valence-electron chi connectivity index (χ3n) is 3.46. The van der Waals surface area contributed by atoms with E-state index in [1.807, 2.05) is 12.1 Å². The van der Waals surface area contributed by atoms with Gasteiger partial charge in [-0.3, -0.25) is 0 Å². The minimum atomic E-state index is -0.486. The van der Waals surface area contributed by atoms with Crippen molar-refractivity contribution in [1.29, 1.82) is 0 Å². The molecule has 0 saturated heterocycles. The van der Waals surface area contributed by atoms with Crippen molar-refractivity contribution in [2.24, 2.45) is 0 Å². The third kappa shape index (κ3) is 2.86. The summed E-state index contributed by atoms with van der Waals surface area (Å²) in [5, 5.41) is 3.37. The molecule has 0 radical (unpaired) electrons. The Morgan fingerprint density at radius 2 is 2.24 bits per heavy atom. The predicted octanol–water partition coefficient (Wildman–Crippen LogP) is 3.00. The number of furan rings is 1. The lowest BCUT2D eigenvalue weighted by atomic mass is 10.0. The summed E-state index contributed by atoms with van der Waals surface area (Å²) in [6, 6.07) is 9.33. The second-order valence-corrected chi connectivity index (χ2v) is 4.87. The van der Waals surface area contributed by atoms with Crippen molar-refractivity contribution in [2.45, 2.75) is 19.4 Å². The highest BCUT2D eigenvalue weighted by Crippen LogP contribution is 2.32. The maximum atomic E-state index is 11.3. The smallest absolute Gasteiger partial charge is 0.373 e. The summed E-state index contributed by atoms with van der Waals surface area (Å²) in [7, 11) is 1.32. The molecule has 1 aromatic carbocycles. The summed E-state index contributed by atoms with van der Waals surface area (Å²) >= 11 is 0. The van der Waals surface area contributed by atoms with Crippen molar-refractivity contribution in [3.05, 3.63) is 47.4 Å². The molecule has 0 bridgehead atoms. The molecule has 3 rings (SSSR count). The molecule has 0 aliphatic carbocycles. The summed E-state index contributed by atoms with van der Waals surface area (Å²) in [6.07, 6.45) is 2.20. The van der Waals surface area contributed by atoms with Crippen LogP contribution in [0.2, 0.25) is 0 Å². The van der Waals surface area contributed by atoms with Gasteiger partial charge in [0.2, 0.25) is 5.76 Å². The van der Waals surface area contributed by atoms with Gasteiger partial charge in [-0.2, -0.15) is 0 Å². The minimum absolute atomic E-state index is 0.185. The Balaban J connectivity index is 1.70. The second-order valence-electron chi connectivity index (χ2n) is 4.87. The van der Waals surface area contributed by atoms with Crippen molar-refractivity contribution in [1.82, 2.24) is 0 Å². The zero-order chi connectivity index (χ0) is 14.7. The molecular formula is C16H17NO4. The normalized spacial score (nSPS) is 13.2. The third-order valence-corrected chi connectivity index (χ3v) is 3.46. The molecule has 2 heterocycles. The van der Waals surface area contributed by atoms with Crippen LogP contribution in [-0.4, -0.2) is 19.6 Å². The summed E-state index contributed by atoms with van der Waals surface area (Å²) in [5.41, 5.74) is 2.33. The molecule has 0 atom stereocenters. The molecule has 21 heavy (non-hydrogen) atoms. The lowest BCUT2D eigenvalue weighted by Gasteiger charge is -2.20. The maximum absolute atomic E-state index is 11.3. The van der Waals surface area contributed by atoms with Crippen molar-refractivity contribution in [3.8, 4) is 5.75 Å². The molecule has 0 fully saturated rings. The first-order valence-corrected chi connectivity index (χ1v) is 6.93. The van der Waals surface area contributed by atoms with E-state index in [0.29, 0.717) is 5.76 Å². The van der Waals surface area contributed by atoms with Crippen molar-refractivity contribution in [3.63, 3.8) is 0 Å². The van der Waals surface area contributed by atoms with Crippen LogP contribution >= 0.6 is 0 Å². The standard InChI is InChI=1S/C16H17NO4/c1-19-16(18)14-8-7-12(21-14)10-20-13-6-2-4-11-5-3-9-17-15(11)13/h2,4,6-8,17H,3,5,9-10H2,1H3. The Labute approximate surface area is 122 Å². The number of aryl methyl sites for hydroxylation is 1. The number of hydrogen-bond acceptors (Lipinski definition) is 5. The van der Waals surface area contributed by atoms with Gasteiger partial charge < -0.3 is 19.2 Å². The number of rotatable bonds is 4. The topological polar surface area (TPSA) is 60.7 Å². The van der Waals surface area contributed by atoms with Gasteiger partial charge in [0.15, 0.2) is 0 Å². The lowest BCUT2D eigenvalue weighted by Crippen LogP contribution is -2.13. The van der Waals surface area contributed by atoms with Gasteiger partial charge in [0, 0.05) is 6.54 Å². The monoisotopic (exact) mass is 287 g/mol. The molecule has 2 aromatic rings. The highest BCUT2D eigenvalue weighted by molar-refractivity contribution is 5.86. The Kier molecular flexibility index (Phi) is 3.81. The summed E-state index contributed by atoms with van der Waals surface area (Å²) in [5.74, 6) is 1.09. The van der Waals surface area contributed by atoms with E-state index in [4.69, 9.17) is 9.15 Å². The molecule has 5 nitrogen and oxygen atoms in total. The van der Waals surface area contributed by atoms with Gasteiger partial charge in [0.05, 0.1) is 12.8 Å². The average molecular weight is 287 g/mol. The molecule has 0 spiro atoms. The number of hydrogen-bond donors (Lipinski definition) is 1.